The van der Waals surface area contributed by atoms with Crippen LogP contribution >= 0.6 is 11.6 Å². The zero-order valence-electron chi connectivity index (χ0n) is 21.4. The van der Waals surface area contributed by atoms with Crippen molar-refractivity contribution in [1.29, 1.82) is 0 Å². The molecule has 196 valence electrons. The maximum atomic E-state index is 13.7. The Kier molecular flexibility index (Phi) is 6.53. The molecule has 6 rings (SSSR count). The Balaban J connectivity index is 1.30. The molecular formula is C31H27ClN4O3. The molecule has 39 heavy (non-hydrogen) atoms. The number of nitrogens with zero attached hydrogens (tertiary/aromatic N) is 2. The van der Waals surface area contributed by atoms with E-state index in [0.29, 0.717) is 29.1 Å². The summed E-state index contributed by atoms with van der Waals surface area (Å²) in [5.74, 6) is -0.647. The fourth-order valence-corrected chi connectivity index (χ4v) is 6.39. The molecule has 3 unspecified atom stereocenters. The zero-order valence-corrected chi connectivity index (χ0v) is 22.1. The highest BCUT2D eigenvalue weighted by molar-refractivity contribution is 6.32. The molecule has 7 nitrogen and oxygen atoms in total. The van der Waals surface area contributed by atoms with Crippen molar-refractivity contribution < 1.29 is 14.4 Å². The van der Waals surface area contributed by atoms with Crippen LogP contribution < -0.4 is 15.5 Å². The van der Waals surface area contributed by atoms with Crippen LogP contribution in [-0.2, 0) is 4.79 Å². The van der Waals surface area contributed by atoms with Gasteiger partial charge in [-0.05, 0) is 60.1 Å². The first-order chi connectivity index (χ1) is 19.0. The lowest BCUT2D eigenvalue weighted by Gasteiger charge is -2.43. The van der Waals surface area contributed by atoms with Crippen molar-refractivity contribution in [2.75, 3.05) is 11.9 Å². The summed E-state index contributed by atoms with van der Waals surface area (Å²) in [5.41, 5.74) is 3.90. The third-order valence-electron chi connectivity index (χ3n) is 7.91. The van der Waals surface area contributed by atoms with Crippen LogP contribution in [0.3, 0.4) is 0 Å². The predicted molar refractivity (Wildman–Crippen MR) is 152 cm³/mol. The second-order valence-corrected chi connectivity index (χ2v) is 10.5. The number of benzene rings is 3. The van der Waals surface area contributed by atoms with Crippen LogP contribution in [0.15, 0.2) is 79.1 Å². The minimum atomic E-state index is -0.433. The number of carbonyl (C=O) groups is 3. The SMILES string of the molecule is CNC(=O)c1cccc(-c2cccc(Cl)c2C2CCC3C(=O)N(c4cncc5ccccc45)C(=O)NC3C2)c1. The lowest BCUT2D eigenvalue weighted by molar-refractivity contribution is -0.124. The monoisotopic (exact) mass is 538 g/mol. The van der Waals surface area contributed by atoms with Gasteiger partial charge in [-0.2, -0.15) is 0 Å². The van der Waals surface area contributed by atoms with E-state index < -0.39 is 6.03 Å². The van der Waals surface area contributed by atoms with Gasteiger partial charge in [0.1, 0.15) is 0 Å². The summed E-state index contributed by atoms with van der Waals surface area (Å²) in [4.78, 5) is 44.8. The number of hydrogen-bond donors (Lipinski definition) is 2. The maximum Gasteiger partial charge on any atom is 0.329 e. The van der Waals surface area contributed by atoms with E-state index >= 15 is 0 Å². The summed E-state index contributed by atoms with van der Waals surface area (Å²) >= 11 is 6.78. The molecule has 4 amide bonds. The van der Waals surface area contributed by atoms with E-state index in [2.05, 4.69) is 15.6 Å². The number of pyridine rings is 1. The second-order valence-electron chi connectivity index (χ2n) is 10.1. The van der Waals surface area contributed by atoms with E-state index in [-0.39, 0.29) is 29.7 Å². The van der Waals surface area contributed by atoms with Crippen molar-refractivity contribution >= 4 is 45.9 Å². The first-order valence-corrected chi connectivity index (χ1v) is 13.4. The average molecular weight is 539 g/mol. The van der Waals surface area contributed by atoms with Crippen molar-refractivity contribution in [2.45, 2.75) is 31.2 Å². The molecule has 1 saturated carbocycles. The number of aromatic nitrogens is 1. The van der Waals surface area contributed by atoms with Crippen LogP contribution in [0.5, 0.6) is 0 Å². The minimum absolute atomic E-state index is 0.0393. The number of imide groups is 1. The van der Waals surface area contributed by atoms with Gasteiger partial charge in [-0.3, -0.25) is 14.6 Å². The van der Waals surface area contributed by atoms with Gasteiger partial charge < -0.3 is 10.6 Å². The smallest absolute Gasteiger partial charge is 0.329 e. The molecular weight excluding hydrogens is 512 g/mol. The van der Waals surface area contributed by atoms with Gasteiger partial charge in [0.15, 0.2) is 0 Å². The fourth-order valence-electron chi connectivity index (χ4n) is 6.06. The lowest BCUT2D eigenvalue weighted by Crippen LogP contribution is -2.61. The molecule has 8 heteroatoms. The van der Waals surface area contributed by atoms with Gasteiger partial charge in [0.2, 0.25) is 5.91 Å². The molecule has 2 aliphatic rings. The van der Waals surface area contributed by atoms with Gasteiger partial charge in [-0.15, -0.1) is 0 Å². The molecule has 1 aliphatic carbocycles. The highest BCUT2D eigenvalue weighted by atomic mass is 35.5. The summed E-state index contributed by atoms with van der Waals surface area (Å²) in [6.07, 6.45) is 5.26. The molecule has 2 heterocycles. The Bertz CT molecular complexity index is 1620. The zero-order chi connectivity index (χ0) is 27.1. The third-order valence-corrected chi connectivity index (χ3v) is 8.24. The van der Waals surface area contributed by atoms with Crippen LogP contribution in [0.25, 0.3) is 21.9 Å². The molecule has 2 N–H and O–H groups in total. The molecule has 0 bridgehead atoms. The highest BCUT2D eigenvalue weighted by Crippen LogP contribution is 2.45. The summed E-state index contributed by atoms with van der Waals surface area (Å²) in [6.45, 7) is 0. The number of hydrogen-bond acceptors (Lipinski definition) is 4. The lowest BCUT2D eigenvalue weighted by atomic mass is 9.72. The van der Waals surface area contributed by atoms with Crippen LogP contribution in [0.1, 0.15) is 41.1 Å². The van der Waals surface area contributed by atoms with E-state index in [1.807, 2.05) is 60.7 Å². The standard InChI is InChI=1S/C31H27ClN4O3/c1-33-29(37)20-8-4-7-18(14-20)23-10-5-11-25(32)28(23)19-12-13-24-26(15-19)35-31(39)36(30(24)38)27-17-34-16-21-6-2-3-9-22(21)27/h2-11,14,16-17,19,24,26H,12-13,15H2,1H3,(H,33,37)(H,35,39). The number of anilines is 1. The van der Waals surface area contributed by atoms with Crippen molar-refractivity contribution in [3.05, 3.63) is 95.3 Å². The molecule has 3 atom stereocenters. The van der Waals surface area contributed by atoms with Gasteiger partial charge in [-0.25, -0.2) is 9.69 Å². The van der Waals surface area contributed by atoms with E-state index in [1.165, 1.54) is 4.90 Å². The largest absolute Gasteiger partial charge is 0.355 e. The van der Waals surface area contributed by atoms with Crippen LogP contribution in [-0.4, -0.2) is 35.9 Å². The number of carbonyl (C=O) groups excluding carboxylic acids is 3. The van der Waals surface area contributed by atoms with Crippen molar-refractivity contribution in [3.63, 3.8) is 0 Å². The van der Waals surface area contributed by atoms with Crippen molar-refractivity contribution in [2.24, 2.45) is 5.92 Å². The Labute approximate surface area is 231 Å². The predicted octanol–water partition coefficient (Wildman–Crippen LogP) is 5.92. The number of amides is 4. The first-order valence-electron chi connectivity index (χ1n) is 13.0. The number of fused-ring (bicyclic) bond motifs is 2. The van der Waals surface area contributed by atoms with Crippen LogP contribution in [0.4, 0.5) is 10.5 Å². The van der Waals surface area contributed by atoms with E-state index in [1.54, 1.807) is 25.5 Å². The third kappa shape index (κ3) is 4.42. The number of rotatable bonds is 4. The highest BCUT2D eigenvalue weighted by Gasteiger charge is 2.46. The Hall–Kier alpha value is -4.23. The van der Waals surface area contributed by atoms with Crippen molar-refractivity contribution in [1.82, 2.24) is 15.6 Å². The van der Waals surface area contributed by atoms with E-state index in [4.69, 9.17) is 11.6 Å². The van der Waals surface area contributed by atoms with Gasteiger partial charge >= 0.3 is 6.03 Å². The summed E-state index contributed by atoms with van der Waals surface area (Å²) in [6, 6.07) is 20.1. The van der Waals surface area contributed by atoms with Gasteiger partial charge in [0, 0.05) is 40.6 Å². The molecule has 1 aliphatic heterocycles. The molecule has 4 aromatic rings. The molecule has 1 aromatic heterocycles. The molecule has 0 radical (unpaired) electrons. The molecule has 1 saturated heterocycles. The van der Waals surface area contributed by atoms with E-state index in [9.17, 15) is 14.4 Å². The Morgan fingerprint density at radius 1 is 1.03 bits per heavy atom. The summed E-state index contributed by atoms with van der Waals surface area (Å²) in [5, 5.41) is 8.10. The molecule has 3 aromatic carbocycles. The van der Waals surface area contributed by atoms with Gasteiger partial charge in [-0.1, -0.05) is 60.1 Å². The second kappa shape index (κ2) is 10.2. The van der Waals surface area contributed by atoms with Crippen LogP contribution in [0.2, 0.25) is 5.02 Å². The Morgan fingerprint density at radius 2 is 1.85 bits per heavy atom. The maximum absolute atomic E-state index is 13.7. The van der Waals surface area contributed by atoms with Gasteiger partial charge in [0.05, 0.1) is 17.8 Å². The van der Waals surface area contributed by atoms with Crippen molar-refractivity contribution in [3.8, 4) is 11.1 Å². The molecule has 0 spiro atoms. The first kappa shape index (κ1) is 25.1. The average Bonchev–Trinajstić information content (AvgIpc) is 2.96. The molecule has 2 fully saturated rings. The Morgan fingerprint density at radius 3 is 2.69 bits per heavy atom. The summed E-state index contributed by atoms with van der Waals surface area (Å²) < 4.78 is 0. The van der Waals surface area contributed by atoms with E-state index in [0.717, 1.165) is 33.9 Å². The summed E-state index contributed by atoms with van der Waals surface area (Å²) in [7, 11) is 1.61. The number of nitrogens with one attached hydrogen (secondary N) is 2. The normalized spacial score (nSPS) is 20.9. The van der Waals surface area contributed by atoms with Gasteiger partial charge in [0.25, 0.3) is 5.91 Å². The quantitative estimate of drug-likeness (QED) is 0.337. The minimum Gasteiger partial charge on any atom is -0.355 e. The topological polar surface area (TPSA) is 91.4 Å². The number of halogens is 1. The number of urea groups is 1. The fraction of sp³-hybridized carbons (Fsp3) is 0.226. The van der Waals surface area contributed by atoms with Crippen LogP contribution in [0, 0.1) is 5.92 Å².